The van der Waals surface area contributed by atoms with Gasteiger partial charge in [0.25, 0.3) is 0 Å². The Morgan fingerprint density at radius 3 is 2.72 bits per heavy atom. The van der Waals surface area contributed by atoms with E-state index in [2.05, 4.69) is 10.3 Å². The molecule has 3 heterocycles. The largest absolute Gasteiger partial charge is 0.489 e. The zero-order chi connectivity index (χ0) is 17.4. The molecule has 1 amide bonds. The number of hydrogen-bond acceptors (Lipinski definition) is 5. The number of fused-ring (bicyclic) bond motifs is 2. The number of amides is 1. The van der Waals surface area contributed by atoms with Crippen molar-refractivity contribution in [1.29, 1.82) is 0 Å². The highest BCUT2D eigenvalue weighted by atomic mass is 16.5. The summed E-state index contributed by atoms with van der Waals surface area (Å²) in [6.45, 7) is 1.95. The lowest BCUT2D eigenvalue weighted by molar-refractivity contribution is -0.127. The van der Waals surface area contributed by atoms with E-state index in [4.69, 9.17) is 15.2 Å². The lowest BCUT2D eigenvalue weighted by Gasteiger charge is -2.31. The maximum absolute atomic E-state index is 12.6. The molecule has 2 bridgehead atoms. The number of nitrogens with zero attached hydrogens (tertiary/aromatic N) is 1. The normalized spacial score (nSPS) is 36.4. The van der Waals surface area contributed by atoms with Crippen molar-refractivity contribution in [1.82, 2.24) is 10.3 Å². The second kappa shape index (κ2) is 6.77. The maximum Gasteiger partial charge on any atom is 0.227 e. The second-order valence-corrected chi connectivity index (χ2v) is 7.24. The third-order valence-electron chi connectivity index (χ3n) is 5.53. The number of nitrogens with one attached hydrogen (secondary N) is 1. The van der Waals surface area contributed by atoms with Gasteiger partial charge in [0.2, 0.25) is 5.91 Å². The predicted molar refractivity (Wildman–Crippen MR) is 93.1 cm³/mol. The maximum atomic E-state index is 12.6. The highest BCUT2D eigenvalue weighted by Crippen LogP contribution is 2.33. The lowest BCUT2D eigenvalue weighted by atomic mass is 9.87. The minimum absolute atomic E-state index is 0.0248. The van der Waals surface area contributed by atoms with E-state index >= 15 is 0 Å². The van der Waals surface area contributed by atoms with Crippen LogP contribution in [0.4, 0.5) is 0 Å². The zero-order valence-electron chi connectivity index (χ0n) is 14.4. The molecule has 0 radical (unpaired) electrons. The molecule has 3 aliphatic rings. The van der Waals surface area contributed by atoms with Crippen molar-refractivity contribution >= 4 is 5.91 Å². The van der Waals surface area contributed by atoms with Crippen molar-refractivity contribution in [2.24, 2.45) is 11.7 Å². The van der Waals surface area contributed by atoms with Crippen LogP contribution in [0.15, 0.2) is 30.5 Å². The molecular formula is C19H25N3O3. The van der Waals surface area contributed by atoms with Crippen LogP contribution in [-0.4, -0.2) is 41.3 Å². The molecule has 1 aliphatic carbocycles. The summed E-state index contributed by atoms with van der Waals surface area (Å²) < 4.78 is 11.8. The van der Waals surface area contributed by atoms with Gasteiger partial charge in [-0.05, 0) is 44.7 Å². The Hall–Kier alpha value is -1.92. The summed E-state index contributed by atoms with van der Waals surface area (Å²) in [7, 11) is 0. The minimum Gasteiger partial charge on any atom is -0.489 e. The van der Waals surface area contributed by atoms with E-state index in [0.717, 1.165) is 37.1 Å². The summed E-state index contributed by atoms with van der Waals surface area (Å²) in [6.07, 6.45) is 9.31. The van der Waals surface area contributed by atoms with Crippen LogP contribution in [0.1, 0.15) is 31.4 Å². The standard InChI is InChI=1S/C19H25N3O3/c1-11-14(3-2-10-21-11)24-13-6-4-12(5-7-13)22-19(23)17-15-8-9-16(25-15)18(17)20/h2-3,8-10,12-13,15-18H,4-7,20H2,1H3,(H,22,23)/t12?,13?,15-,16+,17-,18+/m1/s1. The Balaban J connectivity index is 1.27. The Morgan fingerprint density at radius 1 is 1.28 bits per heavy atom. The van der Waals surface area contributed by atoms with Gasteiger partial charge < -0.3 is 20.5 Å². The van der Waals surface area contributed by atoms with Crippen LogP contribution in [0.3, 0.4) is 0 Å². The molecule has 4 rings (SSSR count). The molecule has 2 fully saturated rings. The van der Waals surface area contributed by atoms with Gasteiger partial charge in [0, 0.05) is 18.3 Å². The number of carbonyl (C=O) groups is 1. The molecule has 0 spiro atoms. The smallest absolute Gasteiger partial charge is 0.227 e. The summed E-state index contributed by atoms with van der Waals surface area (Å²) in [5, 5.41) is 3.17. The first-order valence-corrected chi connectivity index (χ1v) is 9.10. The van der Waals surface area contributed by atoms with Crippen molar-refractivity contribution in [3.05, 3.63) is 36.2 Å². The number of aromatic nitrogens is 1. The van der Waals surface area contributed by atoms with Crippen LogP contribution < -0.4 is 15.8 Å². The van der Waals surface area contributed by atoms with Crippen molar-refractivity contribution < 1.29 is 14.3 Å². The average Bonchev–Trinajstić information content (AvgIpc) is 3.19. The van der Waals surface area contributed by atoms with E-state index in [0.29, 0.717) is 0 Å². The van der Waals surface area contributed by atoms with Crippen molar-refractivity contribution in [2.45, 2.75) is 63.0 Å². The zero-order valence-corrected chi connectivity index (χ0v) is 14.4. The number of ether oxygens (including phenoxy) is 2. The molecule has 1 aromatic heterocycles. The quantitative estimate of drug-likeness (QED) is 0.809. The number of aryl methyl sites for hydroxylation is 1. The molecule has 4 atom stereocenters. The van der Waals surface area contributed by atoms with E-state index < -0.39 is 0 Å². The Kier molecular flexibility index (Phi) is 4.48. The van der Waals surface area contributed by atoms with Gasteiger partial charge in [-0.25, -0.2) is 0 Å². The average molecular weight is 343 g/mol. The molecule has 1 saturated carbocycles. The first-order chi connectivity index (χ1) is 12.1. The van der Waals surface area contributed by atoms with Crippen LogP contribution in [0.25, 0.3) is 0 Å². The molecule has 0 aromatic carbocycles. The molecule has 1 saturated heterocycles. The van der Waals surface area contributed by atoms with Crippen molar-refractivity contribution in [3.63, 3.8) is 0 Å². The first-order valence-electron chi connectivity index (χ1n) is 9.10. The van der Waals surface area contributed by atoms with Gasteiger partial charge in [0.05, 0.1) is 29.9 Å². The van der Waals surface area contributed by atoms with Gasteiger partial charge in [0.1, 0.15) is 5.75 Å². The second-order valence-electron chi connectivity index (χ2n) is 7.24. The van der Waals surface area contributed by atoms with Gasteiger partial charge in [-0.3, -0.25) is 9.78 Å². The monoisotopic (exact) mass is 343 g/mol. The van der Waals surface area contributed by atoms with E-state index in [9.17, 15) is 4.79 Å². The summed E-state index contributed by atoms with van der Waals surface area (Å²) in [5.41, 5.74) is 7.04. The number of pyridine rings is 1. The summed E-state index contributed by atoms with van der Waals surface area (Å²) >= 11 is 0. The molecular weight excluding hydrogens is 318 g/mol. The third-order valence-corrected chi connectivity index (χ3v) is 5.53. The third kappa shape index (κ3) is 3.28. The van der Waals surface area contributed by atoms with Crippen LogP contribution in [0.5, 0.6) is 5.75 Å². The fraction of sp³-hybridized carbons (Fsp3) is 0.579. The Morgan fingerprint density at radius 2 is 2.04 bits per heavy atom. The Bertz CT molecular complexity index is 670. The Labute approximate surface area is 147 Å². The van der Waals surface area contributed by atoms with Gasteiger partial charge in [-0.2, -0.15) is 0 Å². The van der Waals surface area contributed by atoms with Crippen LogP contribution in [0, 0.1) is 12.8 Å². The molecule has 25 heavy (non-hydrogen) atoms. The number of nitrogens with two attached hydrogens (primary N) is 1. The van der Waals surface area contributed by atoms with Gasteiger partial charge >= 0.3 is 0 Å². The van der Waals surface area contributed by atoms with Crippen molar-refractivity contribution in [2.75, 3.05) is 0 Å². The first kappa shape index (κ1) is 16.5. The van der Waals surface area contributed by atoms with Crippen LogP contribution >= 0.6 is 0 Å². The van der Waals surface area contributed by atoms with E-state index in [1.807, 2.05) is 31.2 Å². The highest BCUT2D eigenvalue weighted by molar-refractivity contribution is 5.81. The van der Waals surface area contributed by atoms with Gasteiger partial charge in [-0.15, -0.1) is 0 Å². The molecule has 6 nitrogen and oxygen atoms in total. The molecule has 3 N–H and O–H groups in total. The molecule has 6 heteroatoms. The summed E-state index contributed by atoms with van der Waals surface area (Å²) in [4.78, 5) is 16.8. The molecule has 1 aromatic rings. The molecule has 134 valence electrons. The number of rotatable bonds is 4. The summed E-state index contributed by atoms with van der Waals surface area (Å²) in [6, 6.07) is 3.81. The number of hydrogen-bond donors (Lipinski definition) is 2. The SMILES string of the molecule is Cc1ncccc1OC1CCC(NC(=O)[C@H]2[C@@H](N)[C@@H]3C=C[C@H]2O3)CC1. The van der Waals surface area contributed by atoms with E-state index in [-0.39, 0.29) is 42.2 Å². The van der Waals surface area contributed by atoms with Gasteiger partial charge in [-0.1, -0.05) is 12.2 Å². The predicted octanol–water partition coefficient (Wildman–Crippen LogP) is 1.48. The van der Waals surface area contributed by atoms with E-state index in [1.54, 1.807) is 6.20 Å². The molecule has 2 aliphatic heterocycles. The van der Waals surface area contributed by atoms with Crippen LogP contribution in [-0.2, 0) is 9.53 Å². The number of carbonyl (C=O) groups excluding carboxylic acids is 1. The van der Waals surface area contributed by atoms with Crippen molar-refractivity contribution in [3.8, 4) is 5.75 Å². The minimum atomic E-state index is -0.262. The fourth-order valence-corrected chi connectivity index (χ4v) is 4.06. The fourth-order valence-electron chi connectivity index (χ4n) is 4.06. The van der Waals surface area contributed by atoms with Gasteiger partial charge in [0.15, 0.2) is 0 Å². The van der Waals surface area contributed by atoms with E-state index in [1.165, 1.54) is 0 Å². The topological polar surface area (TPSA) is 86.5 Å². The van der Waals surface area contributed by atoms with Crippen LogP contribution in [0.2, 0.25) is 0 Å². The lowest BCUT2D eigenvalue weighted by Crippen LogP contribution is -2.50. The molecule has 0 unspecified atom stereocenters. The highest BCUT2D eigenvalue weighted by Gasteiger charge is 2.48. The summed E-state index contributed by atoms with van der Waals surface area (Å²) in [5.74, 6) is 0.616.